The molecule has 2 amide bonds. The summed E-state index contributed by atoms with van der Waals surface area (Å²) in [6.07, 6.45) is 1.20. The lowest BCUT2D eigenvalue weighted by Gasteiger charge is -2.29. The molecule has 0 unspecified atom stereocenters. The first-order valence-corrected chi connectivity index (χ1v) is 11.2. The van der Waals surface area contributed by atoms with Crippen molar-refractivity contribution in [2.75, 3.05) is 17.7 Å². The van der Waals surface area contributed by atoms with Gasteiger partial charge in [-0.05, 0) is 36.3 Å². The summed E-state index contributed by atoms with van der Waals surface area (Å²) in [5.41, 5.74) is 2.92. The van der Waals surface area contributed by atoms with Crippen molar-refractivity contribution in [1.29, 1.82) is 0 Å². The molecule has 1 aromatic carbocycles. The van der Waals surface area contributed by atoms with Crippen LogP contribution >= 0.6 is 11.8 Å². The molecule has 0 aromatic heterocycles. The van der Waals surface area contributed by atoms with E-state index in [1.807, 2.05) is 25.1 Å². The number of amides is 2. The van der Waals surface area contributed by atoms with Gasteiger partial charge in [-0.15, -0.1) is 11.8 Å². The number of esters is 1. The molecule has 7 heteroatoms. The maximum absolute atomic E-state index is 12.6. The number of carbonyl (C=O) groups excluding carboxylic acids is 3. The van der Waals surface area contributed by atoms with Gasteiger partial charge in [-0.3, -0.25) is 9.59 Å². The third kappa shape index (κ3) is 4.29. The van der Waals surface area contributed by atoms with E-state index in [0.717, 1.165) is 23.2 Å². The molecule has 3 rings (SSSR count). The van der Waals surface area contributed by atoms with E-state index in [1.54, 1.807) is 16.7 Å². The zero-order valence-electron chi connectivity index (χ0n) is 17.8. The minimum Gasteiger partial charge on any atom is -0.454 e. The second-order valence-electron chi connectivity index (χ2n) is 8.54. The number of anilines is 1. The number of nitrogens with one attached hydrogen (secondary N) is 1. The molecule has 0 spiro atoms. The van der Waals surface area contributed by atoms with Crippen LogP contribution in [0, 0.1) is 0 Å². The Hall–Kier alpha value is -2.02. The van der Waals surface area contributed by atoms with Gasteiger partial charge in [0.1, 0.15) is 6.04 Å². The highest BCUT2D eigenvalue weighted by Crippen LogP contribution is 2.47. The van der Waals surface area contributed by atoms with E-state index < -0.39 is 12.0 Å². The van der Waals surface area contributed by atoms with Gasteiger partial charge in [-0.25, -0.2) is 4.79 Å². The van der Waals surface area contributed by atoms with Crippen LogP contribution in [0.3, 0.4) is 0 Å². The van der Waals surface area contributed by atoms with Gasteiger partial charge >= 0.3 is 5.97 Å². The molecule has 2 heterocycles. The number of hydrogen-bond acceptors (Lipinski definition) is 5. The standard InChI is InChI=1S/C22H30N2O4S/c1-13(2)15-7-6-8-16(14(3)4)20(15)23-18(25)11-28-21(27)17-12-29-22(5)10-9-19(26)24(17)22/h6-8,13-14,17H,9-12H2,1-5H3,(H,23,25)/t17-,22-/m0/s1. The summed E-state index contributed by atoms with van der Waals surface area (Å²) in [4.78, 5) is 38.6. The van der Waals surface area contributed by atoms with Gasteiger partial charge in [0, 0.05) is 17.9 Å². The van der Waals surface area contributed by atoms with Crippen molar-refractivity contribution in [1.82, 2.24) is 4.90 Å². The summed E-state index contributed by atoms with van der Waals surface area (Å²) in [6.45, 7) is 9.95. The van der Waals surface area contributed by atoms with Gasteiger partial charge in [0.25, 0.3) is 5.91 Å². The molecular formula is C22H30N2O4S. The first kappa shape index (κ1) is 21.7. The summed E-state index contributed by atoms with van der Waals surface area (Å²) in [6, 6.07) is 5.41. The predicted octanol–water partition coefficient (Wildman–Crippen LogP) is 3.87. The number of ether oxygens (including phenoxy) is 1. The zero-order chi connectivity index (χ0) is 21.3. The molecule has 6 nitrogen and oxygen atoms in total. The minimum absolute atomic E-state index is 0.0173. The number of thioether (sulfide) groups is 1. The Balaban J connectivity index is 1.65. The fourth-order valence-corrected chi connectivity index (χ4v) is 5.52. The Morgan fingerprint density at radius 3 is 2.45 bits per heavy atom. The van der Waals surface area contributed by atoms with Gasteiger partial charge < -0.3 is 15.0 Å². The van der Waals surface area contributed by atoms with Crippen LogP contribution in [0.25, 0.3) is 0 Å². The van der Waals surface area contributed by atoms with Crippen molar-refractivity contribution in [2.24, 2.45) is 0 Å². The fourth-order valence-electron chi connectivity index (χ4n) is 4.10. The average Bonchev–Trinajstić information content (AvgIpc) is 3.15. The number of hydrogen-bond donors (Lipinski definition) is 1. The van der Waals surface area contributed by atoms with Crippen LogP contribution in [0.4, 0.5) is 5.69 Å². The first-order valence-electron chi connectivity index (χ1n) is 10.2. The highest BCUT2D eigenvalue weighted by Gasteiger charge is 2.53. The van der Waals surface area contributed by atoms with Crippen molar-refractivity contribution in [3.8, 4) is 0 Å². The molecule has 2 aliphatic rings. The molecule has 1 aromatic rings. The lowest BCUT2D eigenvalue weighted by atomic mass is 9.92. The molecule has 2 fully saturated rings. The van der Waals surface area contributed by atoms with Crippen LogP contribution in [-0.2, 0) is 19.1 Å². The first-order chi connectivity index (χ1) is 13.6. The summed E-state index contributed by atoms with van der Waals surface area (Å²) in [5, 5.41) is 2.95. The maximum atomic E-state index is 12.6. The van der Waals surface area contributed by atoms with Crippen LogP contribution in [0.5, 0.6) is 0 Å². The van der Waals surface area contributed by atoms with E-state index in [2.05, 4.69) is 33.0 Å². The molecule has 0 aliphatic carbocycles. The van der Waals surface area contributed by atoms with E-state index in [1.165, 1.54) is 0 Å². The Morgan fingerprint density at radius 2 is 1.86 bits per heavy atom. The minimum atomic E-state index is -0.609. The van der Waals surface area contributed by atoms with E-state index in [-0.39, 0.29) is 35.1 Å². The Morgan fingerprint density at radius 1 is 1.24 bits per heavy atom. The molecule has 2 atom stereocenters. The molecular weight excluding hydrogens is 388 g/mol. The zero-order valence-corrected chi connectivity index (χ0v) is 18.6. The van der Waals surface area contributed by atoms with Gasteiger partial charge in [0.05, 0.1) is 4.87 Å². The monoisotopic (exact) mass is 418 g/mol. The normalized spacial score (nSPS) is 23.6. The number of carbonyl (C=O) groups is 3. The van der Waals surface area contributed by atoms with E-state index in [0.29, 0.717) is 12.2 Å². The fraction of sp³-hybridized carbons (Fsp3) is 0.591. The van der Waals surface area contributed by atoms with Crippen molar-refractivity contribution >= 4 is 35.2 Å². The largest absolute Gasteiger partial charge is 0.454 e. The topological polar surface area (TPSA) is 75.7 Å². The summed E-state index contributed by atoms with van der Waals surface area (Å²) >= 11 is 1.61. The summed E-state index contributed by atoms with van der Waals surface area (Å²) < 4.78 is 5.30. The number of fused-ring (bicyclic) bond motifs is 1. The molecule has 0 bridgehead atoms. The molecule has 0 saturated carbocycles. The van der Waals surface area contributed by atoms with E-state index in [4.69, 9.17) is 4.74 Å². The molecule has 2 saturated heterocycles. The van der Waals surface area contributed by atoms with Crippen molar-refractivity contribution in [3.05, 3.63) is 29.3 Å². The highest BCUT2D eigenvalue weighted by molar-refractivity contribution is 8.01. The van der Waals surface area contributed by atoms with Crippen LogP contribution in [0.2, 0.25) is 0 Å². The van der Waals surface area contributed by atoms with Crippen molar-refractivity contribution in [3.63, 3.8) is 0 Å². The second-order valence-corrected chi connectivity index (χ2v) is 10.0. The third-order valence-electron chi connectivity index (χ3n) is 5.70. The number of nitrogens with zero attached hydrogens (tertiary/aromatic N) is 1. The van der Waals surface area contributed by atoms with Crippen molar-refractivity contribution in [2.45, 2.75) is 70.2 Å². The van der Waals surface area contributed by atoms with Gasteiger partial charge in [0.15, 0.2) is 6.61 Å². The van der Waals surface area contributed by atoms with Crippen molar-refractivity contribution < 1.29 is 19.1 Å². The Kier molecular flexibility index (Phi) is 6.27. The molecule has 0 radical (unpaired) electrons. The third-order valence-corrected chi connectivity index (χ3v) is 7.20. The van der Waals surface area contributed by atoms with Crippen LogP contribution in [0.1, 0.15) is 70.4 Å². The van der Waals surface area contributed by atoms with Crippen LogP contribution < -0.4 is 5.32 Å². The van der Waals surface area contributed by atoms with Crippen LogP contribution in [-0.4, -0.2) is 46.0 Å². The summed E-state index contributed by atoms with van der Waals surface area (Å²) in [7, 11) is 0. The number of rotatable bonds is 6. The van der Waals surface area contributed by atoms with Crippen LogP contribution in [0.15, 0.2) is 18.2 Å². The van der Waals surface area contributed by atoms with Gasteiger partial charge in [-0.2, -0.15) is 0 Å². The quantitative estimate of drug-likeness (QED) is 0.710. The molecule has 158 valence electrons. The molecule has 1 N–H and O–H groups in total. The SMILES string of the molecule is CC(C)c1cccc(C(C)C)c1NC(=O)COC(=O)[C@@H]1CS[C@@]2(C)CCC(=O)N12. The second kappa shape index (κ2) is 8.38. The van der Waals surface area contributed by atoms with Gasteiger partial charge in [0.2, 0.25) is 5.91 Å². The van der Waals surface area contributed by atoms with Gasteiger partial charge in [-0.1, -0.05) is 45.9 Å². The average molecular weight is 419 g/mol. The van der Waals surface area contributed by atoms with E-state index in [9.17, 15) is 14.4 Å². The highest BCUT2D eigenvalue weighted by atomic mass is 32.2. The Bertz CT molecular complexity index is 797. The maximum Gasteiger partial charge on any atom is 0.330 e. The molecule has 2 aliphatic heterocycles. The van der Waals surface area contributed by atoms with E-state index >= 15 is 0 Å². The number of para-hydroxylation sites is 1. The Labute approximate surface area is 176 Å². The molecule has 29 heavy (non-hydrogen) atoms. The smallest absolute Gasteiger partial charge is 0.330 e. The predicted molar refractivity (Wildman–Crippen MR) is 115 cm³/mol. The summed E-state index contributed by atoms with van der Waals surface area (Å²) in [5.74, 6) is 0.122. The lowest BCUT2D eigenvalue weighted by molar-refractivity contribution is -0.155. The lowest BCUT2D eigenvalue weighted by Crippen LogP contribution is -2.47. The number of benzene rings is 1.